The summed E-state index contributed by atoms with van der Waals surface area (Å²) in [6.07, 6.45) is 5.64. The van der Waals surface area contributed by atoms with Gasteiger partial charge in [0.1, 0.15) is 0 Å². The molecule has 0 radical (unpaired) electrons. The van der Waals surface area contributed by atoms with Crippen LogP contribution in [0.5, 0.6) is 0 Å². The predicted octanol–water partition coefficient (Wildman–Crippen LogP) is 2.43. The molecule has 2 heterocycles. The first kappa shape index (κ1) is 13.5. The second-order valence-electron chi connectivity index (χ2n) is 5.33. The number of nitrogens with zero attached hydrogens (tertiary/aromatic N) is 2. The lowest BCUT2D eigenvalue weighted by Crippen LogP contribution is -2.39. The van der Waals surface area contributed by atoms with Crippen LogP contribution in [0, 0.1) is 0 Å². The normalized spacial score (nSPS) is 25.9. The lowest BCUT2D eigenvalue weighted by atomic mass is 10.1. The van der Waals surface area contributed by atoms with Crippen molar-refractivity contribution in [3.63, 3.8) is 0 Å². The minimum Gasteiger partial charge on any atom is -0.313 e. The van der Waals surface area contributed by atoms with Crippen LogP contribution in [0.4, 0.5) is 0 Å². The predicted molar refractivity (Wildman–Crippen MR) is 75.4 cm³/mol. The summed E-state index contributed by atoms with van der Waals surface area (Å²) in [6.45, 7) is 7.86. The van der Waals surface area contributed by atoms with Gasteiger partial charge in [-0.25, -0.2) is 0 Å². The maximum atomic E-state index is 4.45. The molecule has 1 aliphatic rings. The molecule has 18 heavy (non-hydrogen) atoms. The summed E-state index contributed by atoms with van der Waals surface area (Å²) < 4.78 is 0. The molecule has 3 nitrogen and oxygen atoms in total. The largest absolute Gasteiger partial charge is 0.313 e. The Morgan fingerprint density at radius 3 is 3.06 bits per heavy atom. The van der Waals surface area contributed by atoms with Crippen LogP contribution in [0.1, 0.15) is 38.8 Å². The van der Waals surface area contributed by atoms with Gasteiger partial charge in [-0.1, -0.05) is 19.4 Å². The highest BCUT2D eigenvalue weighted by molar-refractivity contribution is 5.03. The van der Waals surface area contributed by atoms with E-state index in [1.54, 1.807) is 0 Å². The summed E-state index contributed by atoms with van der Waals surface area (Å²) >= 11 is 0. The van der Waals surface area contributed by atoms with Gasteiger partial charge in [-0.3, -0.25) is 9.88 Å². The van der Waals surface area contributed by atoms with Crippen LogP contribution in [-0.4, -0.2) is 35.1 Å². The standard InChI is InChI=1S/C15H25N3/c1-3-6-14-11-18(13(2)8-10-17-14)12-15-7-4-5-9-16-15/h4-5,7,9,13-14,17H,3,6,8,10-12H2,1-2H3. The van der Waals surface area contributed by atoms with E-state index in [1.165, 1.54) is 25.0 Å². The highest BCUT2D eigenvalue weighted by Gasteiger charge is 2.22. The minimum atomic E-state index is 0.640. The highest BCUT2D eigenvalue weighted by Crippen LogP contribution is 2.14. The average molecular weight is 247 g/mol. The van der Waals surface area contributed by atoms with Gasteiger partial charge in [0.15, 0.2) is 0 Å². The number of hydrogen-bond acceptors (Lipinski definition) is 3. The zero-order chi connectivity index (χ0) is 12.8. The first-order valence-electron chi connectivity index (χ1n) is 7.17. The first-order valence-corrected chi connectivity index (χ1v) is 7.17. The third kappa shape index (κ3) is 3.79. The van der Waals surface area contributed by atoms with Gasteiger partial charge in [-0.15, -0.1) is 0 Å². The number of hydrogen-bond donors (Lipinski definition) is 1. The van der Waals surface area contributed by atoms with Crippen LogP contribution in [0.25, 0.3) is 0 Å². The molecule has 1 aromatic heterocycles. The molecule has 0 bridgehead atoms. The van der Waals surface area contributed by atoms with Crippen molar-refractivity contribution in [3.8, 4) is 0 Å². The Morgan fingerprint density at radius 2 is 2.33 bits per heavy atom. The molecule has 0 aliphatic carbocycles. The Hall–Kier alpha value is -0.930. The maximum Gasteiger partial charge on any atom is 0.0544 e. The van der Waals surface area contributed by atoms with Gasteiger partial charge < -0.3 is 5.32 Å². The van der Waals surface area contributed by atoms with Gasteiger partial charge in [-0.05, 0) is 38.4 Å². The average Bonchev–Trinajstić information content (AvgIpc) is 2.54. The first-order chi connectivity index (χ1) is 8.79. The van der Waals surface area contributed by atoms with Crippen molar-refractivity contribution in [1.29, 1.82) is 0 Å². The molecule has 1 aromatic rings. The van der Waals surface area contributed by atoms with E-state index < -0.39 is 0 Å². The van der Waals surface area contributed by atoms with Crippen molar-refractivity contribution in [2.24, 2.45) is 0 Å². The SMILES string of the molecule is CCCC1CN(Cc2ccccn2)C(C)CCN1. The van der Waals surface area contributed by atoms with Crippen molar-refractivity contribution >= 4 is 0 Å². The van der Waals surface area contributed by atoms with E-state index in [1.807, 2.05) is 12.3 Å². The van der Waals surface area contributed by atoms with Gasteiger partial charge in [0.2, 0.25) is 0 Å². The molecule has 1 N–H and O–H groups in total. The Bertz CT molecular complexity index is 339. The Kier molecular flexibility index (Phi) is 5.14. The van der Waals surface area contributed by atoms with Crippen LogP contribution in [0.15, 0.2) is 24.4 Å². The summed E-state index contributed by atoms with van der Waals surface area (Å²) in [5, 5.41) is 3.67. The lowest BCUT2D eigenvalue weighted by molar-refractivity contribution is 0.191. The third-order valence-electron chi connectivity index (χ3n) is 3.80. The summed E-state index contributed by atoms with van der Waals surface area (Å²) in [5.74, 6) is 0. The molecule has 1 aliphatic heterocycles. The molecule has 2 atom stereocenters. The van der Waals surface area contributed by atoms with Gasteiger partial charge in [0.25, 0.3) is 0 Å². The van der Waals surface area contributed by atoms with Crippen molar-refractivity contribution in [1.82, 2.24) is 15.2 Å². The molecule has 3 heteroatoms. The Morgan fingerprint density at radius 1 is 1.44 bits per heavy atom. The van der Waals surface area contributed by atoms with Gasteiger partial charge in [0.05, 0.1) is 5.69 Å². The molecule has 2 unspecified atom stereocenters. The van der Waals surface area contributed by atoms with Crippen LogP contribution in [-0.2, 0) is 6.54 Å². The van der Waals surface area contributed by atoms with Gasteiger partial charge >= 0.3 is 0 Å². The van der Waals surface area contributed by atoms with Crippen LogP contribution in [0.3, 0.4) is 0 Å². The monoisotopic (exact) mass is 247 g/mol. The van der Waals surface area contributed by atoms with E-state index in [-0.39, 0.29) is 0 Å². The van der Waals surface area contributed by atoms with Crippen LogP contribution in [0.2, 0.25) is 0 Å². The molecule has 0 saturated carbocycles. The quantitative estimate of drug-likeness (QED) is 0.885. The van der Waals surface area contributed by atoms with E-state index in [0.29, 0.717) is 12.1 Å². The van der Waals surface area contributed by atoms with Crippen molar-refractivity contribution < 1.29 is 0 Å². The number of pyridine rings is 1. The summed E-state index contributed by atoms with van der Waals surface area (Å²) in [4.78, 5) is 7.02. The van der Waals surface area contributed by atoms with Crippen LogP contribution >= 0.6 is 0 Å². The zero-order valence-corrected chi connectivity index (χ0v) is 11.6. The fraction of sp³-hybridized carbons (Fsp3) is 0.667. The van der Waals surface area contributed by atoms with E-state index >= 15 is 0 Å². The highest BCUT2D eigenvalue weighted by atomic mass is 15.2. The topological polar surface area (TPSA) is 28.2 Å². The van der Waals surface area contributed by atoms with Gasteiger partial charge in [0, 0.05) is 31.4 Å². The summed E-state index contributed by atoms with van der Waals surface area (Å²) in [5.41, 5.74) is 1.18. The summed E-state index contributed by atoms with van der Waals surface area (Å²) in [7, 11) is 0. The summed E-state index contributed by atoms with van der Waals surface area (Å²) in [6, 6.07) is 7.47. The van der Waals surface area contributed by atoms with E-state index in [4.69, 9.17) is 0 Å². The van der Waals surface area contributed by atoms with Crippen molar-refractivity contribution in [2.75, 3.05) is 13.1 Å². The second kappa shape index (κ2) is 6.86. The molecule has 0 amide bonds. The number of rotatable bonds is 4. The molecule has 1 saturated heterocycles. The van der Waals surface area contributed by atoms with E-state index in [2.05, 4.69) is 41.2 Å². The molecule has 0 aromatic carbocycles. The number of aromatic nitrogens is 1. The molecule has 1 fully saturated rings. The smallest absolute Gasteiger partial charge is 0.0544 e. The van der Waals surface area contributed by atoms with Crippen molar-refractivity contribution in [2.45, 2.75) is 51.7 Å². The lowest BCUT2D eigenvalue weighted by Gasteiger charge is -2.28. The minimum absolute atomic E-state index is 0.640. The zero-order valence-electron chi connectivity index (χ0n) is 11.6. The van der Waals surface area contributed by atoms with Crippen LogP contribution < -0.4 is 5.32 Å². The third-order valence-corrected chi connectivity index (χ3v) is 3.80. The fourth-order valence-corrected chi connectivity index (χ4v) is 2.67. The molecule has 2 rings (SSSR count). The van der Waals surface area contributed by atoms with Gasteiger partial charge in [-0.2, -0.15) is 0 Å². The van der Waals surface area contributed by atoms with Crippen molar-refractivity contribution in [3.05, 3.63) is 30.1 Å². The molecular formula is C15H25N3. The van der Waals surface area contributed by atoms with E-state index in [9.17, 15) is 0 Å². The molecule has 100 valence electrons. The Labute approximate surface area is 111 Å². The molecule has 0 spiro atoms. The van der Waals surface area contributed by atoms with E-state index in [0.717, 1.165) is 19.6 Å². The maximum absolute atomic E-state index is 4.45. The Balaban J connectivity index is 1.99. The fourth-order valence-electron chi connectivity index (χ4n) is 2.67. The second-order valence-corrected chi connectivity index (χ2v) is 5.33. The number of nitrogens with one attached hydrogen (secondary N) is 1. The molecular weight excluding hydrogens is 222 g/mol.